The van der Waals surface area contributed by atoms with Gasteiger partial charge in [-0.15, -0.1) is 0 Å². The summed E-state index contributed by atoms with van der Waals surface area (Å²) in [5.41, 5.74) is 0.383. The Labute approximate surface area is 126 Å². The maximum Gasteiger partial charge on any atom is 0.229 e. The molecule has 21 heavy (non-hydrogen) atoms. The van der Waals surface area contributed by atoms with Crippen molar-refractivity contribution in [1.82, 2.24) is 15.6 Å². The molecule has 1 saturated heterocycles. The molecule has 0 spiro atoms. The number of carbonyl (C=O) groups is 1. The number of carbonyl (C=O) groups excluding carboxylic acids is 1. The maximum absolute atomic E-state index is 12.4. The minimum atomic E-state index is -0.591. The number of pyridine rings is 1. The van der Waals surface area contributed by atoms with Gasteiger partial charge in [-0.3, -0.25) is 4.79 Å². The van der Waals surface area contributed by atoms with Crippen LogP contribution in [0.25, 0.3) is 0 Å². The van der Waals surface area contributed by atoms with Crippen LogP contribution in [0, 0.1) is 18.3 Å². The molecule has 0 bridgehead atoms. The van der Waals surface area contributed by atoms with Crippen molar-refractivity contribution in [3.05, 3.63) is 23.9 Å². The van der Waals surface area contributed by atoms with E-state index >= 15 is 0 Å². The van der Waals surface area contributed by atoms with E-state index in [0.717, 1.165) is 18.7 Å². The number of aryl methyl sites for hydroxylation is 1. The van der Waals surface area contributed by atoms with Crippen LogP contribution in [0.4, 0.5) is 0 Å². The van der Waals surface area contributed by atoms with Gasteiger partial charge >= 0.3 is 0 Å². The molecule has 2 atom stereocenters. The van der Waals surface area contributed by atoms with Crippen molar-refractivity contribution in [3.63, 3.8) is 0 Å². The first-order chi connectivity index (χ1) is 9.90. The van der Waals surface area contributed by atoms with Gasteiger partial charge in [0.15, 0.2) is 0 Å². The molecule has 1 fully saturated rings. The van der Waals surface area contributed by atoms with E-state index in [1.54, 1.807) is 6.20 Å². The van der Waals surface area contributed by atoms with Crippen molar-refractivity contribution in [2.45, 2.75) is 33.7 Å². The molecule has 2 N–H and O–H groups in total. The molecular formula is C16H25N3O2. The van der Waals surface area contributed by atoms with Crippen LogP contribution in [0.2, 0.25) is 0 Å². The highest BCUT2D eigenvalue weighted by Gasteiger charge is 2.33. The number of aromatic nitrogens is 1. The Morgan fingerprint density at radius 2 is 2.29 bits per heavy atom. The van der Waals surface area contributed by atoms with Gasteiger partial charge in [0.2, 0.25) is 11.8 Å². The Kier molecular flexibility index (Phi) is 4.83. The maximum atomic E-state index is 12.4. The predicted octanol–water partition coefficient (Wildman–Crippen LogP) is 1.52. The van der Waals surface area contributed by atoms with Crippen LogP contribution in [0.3, 0.4) is 0 Å². The van der Waals surface area contributed by atoms with E-state index in [-0.39, 0.29) is 11.9 Å². The lowest BCUT2D eigenvalue weighted by Gasteiger charge is -2.27. The summed E-state index contributed by atoms with van der Waals surface area (Å²) in [5, 5.41) is 6.41. The van der Waals surface area contributed by atoms with E-state index in [0.29, 0.717) is 18.4 Å². The highest BCUT2D eigenvalue weighted by Crippen LogP contribution is 2.21. The molecule has 0 saturated carbocycles. The average molecular weight is 291 g/mol. The third-order valence-corrected chi connectivity index (χ3v) is 3.98. The van der Waals surface area contributed by atoms with Crippen molar-refractivity contribution in [3.8, 4) is 5.88 Å². The zero-order valence-corrected chi connectivity index (χ0v) is 13.3. The molecule has 1 aromatic rings. The van der Waals surface area contributed by atoms with Crippen LogP contribution < -0.4 is 15.4 Å². The van der Waals surface area contributed by atoms with Crippen molar-refractivity contribution < 1.29 is 9.53 Å². The molecule has 1 amide bonds. The standard InChI is InChI=1S/C16H25N3O2/c1-11-6-5-7-18-14(11)21-10-16(3,4)15(20)19-13-9-17-8-12(13)2/h5-7,12-13,17H,8-10H2,1-4H3,(H,19,20)/t12-,13-/m1/s1. The lowest BCUT2D eigenvalue weighted by atomic mass is 9.92. The van der Waals surface area contributed by atoms with Gasteiger partial charge in [0.05, 0.1) is 5.41 Å². The van der Waals surface area contributed by atoms with Gasteiger partial charge in [-0.25, -0.2) is 4.98 Å². The minimum absolute atomic E-state index is 0.0247. The van der Waals surface area contributed by atoms with E-state index < -0.39 is 5.41 Å². The Balaban J connectivity index is 1.91. The average Bonchev–Trinajstić information content (AvgIpc) is 2.83. The predicted molar refractivity (Wildman–Crippen MR) is 82.2 cm³/mol. The fourth-order valence-corrected chi connectivity index (χ4v) is 2.30. The quantitative estimate of drug-likeness (QED) is 0.863. The summed E-state index contributed by atoms with van der Waals surface area (Å²) in [6, 6.07) is 4.02. The highest BCUT2D eigenvalue weighted by atomic mass is 16.5. The van der Waals surface area contributed by atoms with E-state index in [1.807, 2.05) is 32.9 Å². The number of hydrogen-bond acceptors (Lipinski definition) is 4. The number of nitrogens with zero attached hydrogens (tertiary/aromatic N) is 1. The van der Waals surface area contributed by atoms with Crippen LogP contribution >= 0.6 is 0 Å². The van der Waals surface area contributed by atoms with E-state index in [1.165, 1.54) is 0 Å². The molecule has 5 nitrogen and oxygen atoms in total. The Hall–Kier alpha value is -1.62. The lowest BCUT2D eigenvalue weighted by Crippen LogP contribution is -2.48. The molecule has 1 aliphatic heterocycles. The molecule has 1 aliphatic rings. The van der Waals surface area contributed by atoms with Gasteiger partial charge < -0.3 is 15.4 Å². The first-order valence-corrected chi connectivity index (χ1v) is 7.46. The fourth-order valence-electron chi connectivity index (χ4n) is 2.30. The van der Waals surface area contributed by atoms with Gasteiger partial charge in [-0.2, -0.15) is 0 Å². The topological polar surface area (TPSA) is 63.2 Å². The van der Waals surface area contributed by atoms with Gasteiger partial charge in [-0.1, -0.05) is 13.0 Å². The first kappa shape index (κ1) is 15.8. The largest absolute Gasteiger partial charge is 0.476 e. The van der Waals surface area contributed by atoms with Crippen LogP contribution in [-0.4, -0.2) is 36.6 Å². The minimum Gasteiger partial charge on any atom is -0.476 e. The van der Waals surface area contributed by atoms with Crippen LogP contribution in [0.15, 0.2) is 18.3 Å². The summed E-state index contributed by atoms with van der Waals surface area (Å²) in [6.07, 6.45) is 1.70. The van der Waals surface area contributed by atoms with Gasteiger partial charge in [-0.05, 0) is 39.3 Å². The Bertz CT molecular complexity index is 502. The number of nitrogens with one attached hydrogen (secondary N) is 2. The monoisotopic (exact) mass is 291 g/mol. The molecule has 116 valence electrons. The van der Waals surface area contributed by atoms with Crippen LogP contribution in [0.5, 0.6) is 5.88 Å². The zero-order chi connectivity index (χ0) is 15.5. The highest BCUT2D eigenvalue weighted by molar-refractivity contribution is 5.82. The van der Waals surface area contributed by atoms with Crippen molar-refractivity contribution in [2.24, 2.45) is 11.3 Å². The number of rotatable bonds is 5. The van der Waals surface area contributed by atoms with Gasteiger partial charge in [0.1, 0.15) is 6.61 Å². The number of hydrogen-bond donors (Lipinski definition) is 2. The molecule has 0 radical (unpaired) electrons. The third kappa shape index (κ3) is 3.94. The van der Waals surface area contributed by atoms with Crippen molar-refractivity contribution >= 4 is 5.91 Å². The van der Waals surface area contributed by atoms with Crippen LogP contribution in [-0.2, 0) is 4.79 Å². The van der Waals surface area contributed by atoms with E-state index in [4.69, 9.17) is 4.74 Å². The van der Waals surface area contributed by atoms with E-state index in [9.17, 15) is 4.79 Å². The summed E-state index contributed by atoms with van der Waals surface area (Å²) >= 11 is 0. The second kappa shape index (κ2) is 6.43. The molecule has 1 aromatic heterocycles. The zero-order valence-electron chi connectivity index (χ0n) is 13.3. The lowest BCUT2D eigenvalue weighted by molar-refractivity contribution is -0.131. The summed E-state index contributed by atoms with van der Waals surface area (Å²) < 4.78 is 5.73. The number of amides is 1. The van der Waals surface area contributed by atoms with Crippen LogP contribution in [0.1, 0.15) is 26.3 Å². The van der Waals surface area contributed by atoms with Gasteiger partial charge in [0, 0.05) is 24.3 Å². The number of ether oxygens (including phenoxy) is 1. The van der Waals surface area contributed by atoms with Crippen molar-refractivity contribution in [2.75, 3.05) is 19.7 Å². The summed E-state index contributed by atoms with van der Waals surface area (Å²) in [4.78, 5) is 16.6. The molecule has 0 unspecified atom stereocenters. The molecule has 0 aliphatic carbocycles. The van der Waals surface area contributed by atoms with Crippen molar-refractivity contribution in [1.29, 1.82) is 0 Å². The molecule has 5 heteroatoms. The van der Waals surface area contributed by atoms with E-state index in [2.05, 4.69) is 22.5 Å². The normalized spacial score (nSPS) is 22.1. The third-order valence-electron chi connectivity index (χ3n) is 3.98. The Morgan fingerprint density at radius 1 is 1.52 bits per heavy atom. The SMILES string of the molecule is Cc1cccnc1OCC(C)(C)C(=O)N[C@@H]1CNC[C@H]1C. The summed E-state index contributed by atoms with van der Waals surface area (Å²) in [5.74, 6) is 1.08. The molecule has 2 heterocycles. The fraction of sp³-hybridized carbons (Fsp3) is 0.625. The smallest absolute Gasteiger partial charge is 0.229 e. The molecule has 2 rings (SSSR count). The molecule has 0 aromatic carbocycles. The second-order valence-electron chi connectivity index (χ2n) is 6.51. The summed E-state index contributed by atoms with van der Waals surface area (Å²) in [6.45, 7) is 9.98. The second-order valence-corrected chi connectivity index (χ2v) is 6.51. The molecular weight excluding hydrogens is 266 g/mol. The van der Waals surface area contributed by atoms with Gasteiger partial charge in [0.25, 0.3) is 0 Å². The first-order valence-electron chi connectivity index (χ1n) is 7.46. The summed E-state index contributed by atoms with van der Waals surface area (Å²) in [7, 11) is 0. The Morgan fingerprint density at radius 3 is 2.90 bits per heavy atom.